The van der Waals surface area contributed by atoms with Crippen LogP contribution in [0, 0.1) is 9.49 Å². The molecule has 0 unspecified atom stereocenters. The number of hydrogen-bond acceptors (Lipinski definition) is 3. The molecule has 3 nitrogen and oxygen atoms in total. The summed E-state index contributed by atoms with van der Waals surface area (Å²) in [5.74, 6) is 2.53. The van der Waals surface area contributed by atoms with Gasteiger partial charge in [-0.1, -0.05) is 41.5 Å². The maximum absolute atomic E-state index is 4.79. The molecular weight excluding hydrogens is 349 g/mol. The van der Waals surface area contributed by atoms with Crippen LogP contribution in [-0.2, 0) is 11.8 Å². The molecule has 1 aromatic rings. The summed E-state index contributed by atoms with van der Waals surface area (Å²) >= 11 is 2.37. The predicted octanol–water partition coefficient (Wildman–Crippen LogP) is 4.40. The average Bonchev–Trinajstić information content (AvgIpc) is 2.27. The quantitative estimate of drug-likeness (QED) is 0.776. The zero-order valence-electron chi connectivity index (χ0n) is 13.0. The summed E-state index contributed by atoms with van der Waals surface area (Å²) in [6, 6.07) is 0. The lowest BCUT2D eigenvalue weighted by atomic mass is 9.91. The monoisotopic (exact) mass is 375 g/mol. The molecule has 0 bridgehead atoms. The molecule has 1 N–H and O–H groups in total. The summed E-state index contributed by atoms with van der Waals surface area (Å²) in [4.78, 5) is 9.49. The van der Waals surface area contributed by atoms with Gasteiger partial charge in [0, 0.05) is 18.4 Å². The topological polar surface area (TPSA) is 37.8 Å². The van der Waals surface area contributed by atoms with Gasteiger partial charge in [0.25, 0.3) is 0 Å². The van der Waals surface area contributed by atoms with Crippen molar-refractivity contribution >= 4 is 28.4 Å². The second kappa shape index (κ2) is 6.86. The molecule has 1 rings (SSSR count). The summed E-state index contributed by atoms with van der Waals surface area (Å²) in [6.45, 7) is 14.2. The van der Waals surface area contributed by atoms with E-state index < -0.39 is 0 Å². The SMILES string of the molecule is CCCNc1nc(CC(C)C)nc(C(C)(C)C)c1I. The van der Waals surface area contributed by atoms with Gasteiger partial charge in [-0.3, -0.25) is 0 Å². The Kier molecular flexibility index (Phi) is 6.02. The molecule has 0 amide bonds. The minimum absolute atomic E-state index is 0.0494. The molecule has 0 radical (unpaired) electrons. The number of hydrogen-bond donors (Lipinski definition) is 1. The zero-order chi connectivity index (χ0) is 14.6. The van der Waals surface area contributed by atoms with Crippen molar-refractivity contribution in [2.45, 2.75) is 59.8 Å². The molecule has 1 heterocycles. The molecule has 19 heavy (non-hydrogen) atoms. The molecule has 0 aliphatic heterocycles. The van der Waals surface area contributed by atoms with E-state index in [9.17, 15) is 0 Å². The fourth-order valence-electron chi connectivity index (χ4n) is 1.81. The molecular formula is C15H26IN3. The molecule has 0 atom stereocenters. The highest BCUT2D eigenvalue weighted by Gasteiger charge is 2.23. The highest BCUT2D eigenvalue weighted by Crippen LogP contribution is 2.29. The van der Waals surface area contributed by atoms with E-state index in [1.165, 1.54) is 0 Å². The number of nitrogens with one attached hydrogen (secondary N) is 1. The highest BCUT2D eigenvalue weighted by molar-refractivity contribution is 14.1. The van der Waals surface area contributed by atoms with Gasteiger partial charge in [-0.2, -0.15) is 0 Å². The summed E-state index contributed by atoms with van der Waals surface area (Å²) in [6.07, 6.45) is 2.03. The van der Waals surface area contributed by atoms with Crippen LogP contribution < -0.4 is 5.32 Å². The first-order valence-corrected chi connectivity index (χ1v) is 8.14. The van der Waals surface area contributed by atoms with E-state index >= 15 is 0 Å². The van der Waals surface area contributed by atoms with Crippen molar-refractivity contribution in [3.8, 4) is 0 Å². The Hall–Kier alpha value is -0.390. The second-order valence-electron chi connectivity index (χ2n) is 6.43. The Bertz CT molecular complexity index is 422. The van der Waals surface area contributed by atoms with E-state index in [-0.39, 0.29) is 5.41 Å². The molecule has 108 valence electrons. The maximum atomic E-state index is 4.79. The molecule has 0 fully saturated rings. The molecule has 0 aromatic carbocycles. The fourth-order valence-corrected chi connectivity index (χ4v) is 3.05. The molecule has 1 aromatic heterocycles. The van der Waals surface area contributed by atoms with E-state index in [0.29, 0.717) is 5.92 Å². The third kappa shape index (κ3) is 4.89. The Balaban J connectivity index is 3.22. The lowest BCUT2D eigenvalue weighted by molar-refractivity contribution is 0.547. The number of anilines is 1. The van der Waals surface area contributed by atoms with Crippen LogP contribution in [0.2, 0.25) is 0 Å². The number of rotatable bonds is 5. The third-order valence-corrected chi connectivity index (χ3v) is 3.76. The zero-order valence-corrected chi connectivity index (χ0v) is 15.1. The molecule has 0 spiro atoms. The maximum Gasteiger partial charge on any atom is 0.143 e. The second-order valence-corrected chi connectivity index (χ2v) is 7.50. The van der Waals surface area contributed by atoms with Crippen molar-refractivity contribution in [1.82, 2.24) is 9.97 Å². The van der Waals surface area contributed by atoms with E-state index in [4.69, 9.17) is 9.97 Å². The average molecular weight is 375 g/mol. The Morgan fingerprint density at radius 3 is 2.32 bits per heavy atom. The van der Waals surface area contributed by atoms with Crippen molar-refractivity contribution in [1.29, 1.82) is 0 Å². The number of nitrogens with zero attached hydrogens (tertiary/aromatic N) is 2. The van der Waals surface area contributed by atoms with E-state index in [0.717, 1.165) is 40.3 Å². The summed E-state index contributed by atoms with van der Waals surface area (Å²) < 4.78 is 1.16. The molecule has 0 aliphatic rings. The van der Waals surface area contributed by atoms with Gasteiger partial charge >= 0.3 is 0 Å². The van der Waals surface area contributed by atoms with Gasteiger partial charge in [-0.25, -0.2) is 9.97 Å². The van der Waals surface area contributed by atoms with Crippen LogP contribution in [0.25, 0.3) is 0 Å². The number of halogens is 1. The van der Waals surface area contributed by atoms with Crippen molar-refractivity contribution in [2.75, 3.05) is 11.9 Å². The molecule has 0 saturated heterocycles. The van der Waals surface area contributed by atoms with Gasteiger partial charge in [-0.05, 0) is 34.9 Å². The van der Waals surface area contributed by atoms with E-state index in [1.54, 1.807) is 0 Å². The van der Waals surface area contributed by atoms with Crippen molar-refractivity contribution < 1.29 is 0 Å². The van der Waals surface area contributed by atoms with Crippen LogP contribution in [0.15, 0.2) is 0 Å². The fraction of sp³-hybridized carbons (Fsp3) is 0.733. The van der Waals surface area contributed by atoms with Crippen LogP contribution >= 0.6 is 22.6 Å². The van der Waals surface area contributed by atoms with Gasteiger partial charge in [-0.15, -0.1) is 0 Å². The van der Waals surface area contributed by atoms with Gasteiger partial charge in [0.05, 0.1) is 9.26 Å². The highest BCUT2D eigenvalue weighted by atomic mass is 127. The Labute approximate surface area is 131 Å². The summed E-state index contributed by atoms with van der Waals surface area (Å²) in [7, 11) is 0. The molecule has 4 heteroatoms. The van der Waals surface area contributed by atoms with Crippen molar-refractivity contribution in [3.63, 3.8) is 0 Å². The first-order valence-electron chi connectivity index (χ1n) is 7.06. The minimum Gasteiger partial charge on any atom is -0.369 e. The van der Waals surface area contributed by atoms with Crippen LogP contribution in [-0.4, -0.2) is 16.5 Å². The van der Waals surface area contributed by atoms with Crippen molar-refractivity contribution in [3.05, 3.63) is 15.1 Å². The Morgan fingerprint density at radius 2 is 1.84 bits per heavy atom. The normalized spacial score (nSPS) is 12.0. The Morgan fingerprint density at radius 1 is 1.21 bits per heavy atom. The molecule has 0 aliphatic carbocycles. The van der Waals surface area contributed by atoms with Gasteiger partial charge in [0.1, 0.15) is 11.6 Å². The lowest BCUT2D eigenvalue weighted by Crippen LogP contribution is -2.20. The summed E-state index contributed by atoms with van der Waals surface area (Å²) in [5, 5.41) is 3.43. The van der Waals surface area contributed by atoms with Crippen LogP contribution in [0.1, 0.15) is 59.5 Å². The number of aromatic nitrogens is 2. The van der Waals surface area contributed by atoms with Crippen LogP contribution in [0.4, 0.5) is 5.82 Å². The first-order chi connectivity index (χ1) is 8.75. The first kappa shape index (κ1) is 16.7. The summed E-state index contributed by atoms with van der Waals surface area (Å²) in [5.41, 5.74) is 1.20. The third-order valence-electron chi connectivity index (χ3n) is 2.74. The van der Waals surface area contributed by atoms with E-state index in [2.05, 4.69) is 69.5 Å². The van der Waals surface area contributed by atoms with Crippen LogP contribution in [0.3, 0.4) is 0 Å². The standard InChI is InChI=1S/C15H26IN3/c1-7-8-17-14-12(16)13(15(4,5)6)18-11(19-14)9-10(2)3/h10H,7-9H2,1-6H3,(H,17,18,19). The predicted molar refractivity (Wildman–Crippen MR) is 90.8 cm³/mol. The van der Waals surface area contributed by atoms with Gasteiger partial charge in [0.2, 0.25) is 0 Å². The van der Waals surface area contributed by atoms with Gasteiger partial charge in [0.15, 0.2) is 0 Å². The minimum atomic E-state index is 0.0494. The van der Waals surface area contributed by atoms with Gasteiger partial charge < -0.3 is 5.32 Å². The lowest BCUT2D eigenvalue weighted by Gasteiger charge is -2.22. The largest absolute Gasteiger partial charge is 0.369 e. The van der Waals surface area contributed by atoms with E-state index in [1.807, 2.05) is 0 Å². The smallest absolute Gasteiger partial charge is 0.143 e. The molecule has 0 saturated carbocycles. The van der Waals surface area contributed by atoms with Crippen molar-refractivity contribution in [2.24, 2.45) is 5.92 Å². The van der Waals surface area contributed by atoms with Crippen LogP contribution in [0.5, 0.6) is 0 Å².